The Morgan fingerprint density at radius 1 is 1.22 bits per heavy atom. The van der Waals surface area contributed by atoms with E-state index in [2.05, 4.69) is 15.3 Å². The number of likely N-dealkylation sites (tertiary alicyclic amines) is 1. The minimum atomic E-state index is -0.944. The number of carbonyl (C=O) groups excluding carboxylic acids is 1. The van der Waals surface area contributed by atoms with Crippen molar-refractivity contribution >= 4 is 63.3 Å². The number of fused-ring (bicyclic) bond motifs is 1. The van der Waals surface area contributed by atoms with E-state index >= 15 is 0 Å². The van der Waals surface area contributed by atoms with Gasteiger partial charge in [0.15, 0.2) is 5.82 Å². The van der Waals surface area contributed by atoms with Gasteiger partial charge >= 0.3 is 6.09 Å². The average Bonchev–Trinajstić information content (AvgIpc) is 3.18. The SMILES string of the molecule is COc1cc2ncnc(Nc3ccc(Cl)c(Cl)c3F)c2cc1N1CC2(CCN(C(=O)O)CC2)CC1=O. The van der Waals surface area contributed by atoms with Gasteiger partial charge in [-0.2, -0.15) is 0 Å². The van der Waals surface area contributed by atoms with Crippen molar-refractivity contribution in [3.05, 3.63) is 46.5 Å². The first kappa shape index (κ1) is 24.3. The van der Waals surface area contributed by atoms with Gasteiger partial charge in [-0.05, 0) is 31.0 Å². The predicted molar refractivity (Wildman–Crippen MR) is 134 cm³/mol. The number of ether oxygens (including phenoxy) is 1. The molecule has 36 heavy (non-hydrogen) atoms. The van der Waals surface area contributed by atoms with Gasteiger partial charge in [-0.3, -0.25) is 4.79 Å². The van der Waals surface area contributed by atoms with Gasteiger partial charge in [-0.25, -0.2) is 19.2 Å². The summed E-state index contributed by atoms with van der Waals surface area (Å²) in [6.45, 7) is 1.23. The molecular weight excluding hydrogens is 512 g/mol. The Hall–Kier alpha value is -3.37. The molecule has 2 aliphatic heterocycles. The van der Waals surface area contributed by atoms with E-state index in [1.54, 1.807) is 17.0 Å². The molecule has 0 unspecified atom stereocenters. The van der Waals surface area contributed by atoms with Crippen LogP contribution < -0.4 is 15.0 Å². The van der Waals surface area contributed by atoms with Crippen molar-refractivity contribution in [2.24, 2.45) is 5.41 Å². The summed E-state index contributed by atoms with van der Waals surface area (Å²) in [6, 6.07) is 6.38. The molecule has 2 amide bonds. The summed E-state index contributed by atoms with van der Waals surface area (Å²) >= 11 is 11.9. The summed E-state index contributed by atoms with van der Waals surface area (Å²) in [6.07, 6.45) is 1.92. The number of piperidine rings is 1. The molecule has 12 heteroatoms. The standard InChI is InChI=1S/C24H22Cl2FN5O4/c1-36-18-9-16-13(22(29-12-28-16)30-15-3-2-14(25)20(26)21(15)27)8-17(18)32-11-24(10-19(32)33)4-6-31(7-5-24)23(34)35/h2-3,8-9,12H,4-7,10-11H2,1H3,(H,34,35)(H,28,29,30). The van der Waals surface area contributed by atoms with Crippen LogP contribution >= 0.6 is 23.2 Å². The molecule has 2 saturated heterocycles. The molecule has 3 heterocycles. The molecule has 188 valence electrons. The second-order valence-corrected chi connectivity index (χ2v) is 9.82. The van der Waals surface area contributed by atoms with E-state index in [1.165, 1.54) is 30.5 Å². The average molecular weight is 534 g/mol. The molecule has 1 spiro atoms. The lowest BCUT2D eigenvalue weighted by Gasteiger charge is -2.37. The van der Waals surface area contributed by atoms with Crippen LogP contribution in [0, 0.1) is 11.2 Å². The largest absolute Gasteiger partial charge is 0.494 e. The number of halogens is 3. The molecule has 2 aliphatic rings. The monoisotopic (exact) mass is 533 g/mol. The minimum absolute atomic E-state index is 0.0710. The molecule has 2 N–H and O–H groups in total. The van der Waals surface area contributed by atoms with Crippen LogP contribution in [-0.4, -0.2) is 58.7 Å². The topological polar surface area (TPSA) is 108 Å². The van der Waals surface area contributed by atoms with Crippen molar-refractivity contribution in [3.63, 3.8) is 0 Å². The second kappa shape index (κ2) is 9.25. The van der Waals surface area contributed by atoms with Gasteiger partial charge < -0.3 is 25.0 Å². The van der Waals surface area contributed by atoms with E-state index < -0.39 is 11.9 Å². The van der Waals surface area contributed by atoms with Gasteiger partial charge in [0.05, 0.1) is 34.0 Å². The lowest BCUT2D eigenvalue weighted by Crippen LogP contribution is -2.43. The number of aromatic nitrogens is 2. The molecule has 0 aliphatic carbocycles. The minimum Gasteiger partial charge on any atom is -0.494 e. The zero-order valence-corrected chi connectivity index (χ0v) is 20.7. The number of hydrogen-bond acceptors (Lipinski definition) is 6. The number of carboxylic acid groups (broad SMARTS) is 1. The van der Waals surface area contributed by atoms with Crippen LogP contribution in [0.2, 0.25) is 10.0 Å². The van der Waals surface area contributed by atoms with Gasteiger partial charge in [-0.15, -0.1) is 0 Å². The van der Waals surface area contributed by atoms with E-state index in [-0.39, 0.29) is 27.1 Å². The molecule has 0 saturated carbocycles. The maximum absolute atomic E-state index is 14.7. The van der Waals surface area contributed by atoms with Crippen molar-refractivity contribution in [3.8, 4) is 5.75 Å². The Kier molecular flexibility index (Phi) is 6.25. The van der Waals surface area contributed by atoms with Crippen LogP contribution in [0.25, 0.3) is 10.9 Å². The molecule has 3 aromatic rings. The van der Waals surface area contributed by atoms with Crippen molar-refractivity contribution in [2.45, 2.75) is 19.3 Å². The lowest BCUT2D eigenvalue weighted by atomic mass is 9.78. The van der Waals surface area contributed by atoms with Gasteiger partial charge in [0.25, 0.3) is 0 Å². The molecule has 0 atom stereocenters. The van der Waals surface area contributed by atoms with E-state index in [4.69, 9.17) is 27.9 Å². The summed E-state index contributed by atoms with van der Waals surface area (Å²) in [4.78, 5) is 36.1. The number of amides is 2. The Morgan fingerprint density at radius 2 is 1.97 bits per heavy atom. The Bertz CT molecular complexity index is 1380. The number of nitrogens with one attached hydrogen (secondary N) is 1. The molecular formula is C24H22Cl2FN5O4. The molecule has 5 rings (SSSR count). The first-order chi connectivity index (χ1) is 17.2. The fourth-order valence-corrected chi connectivity index (χ4v) is 5.23. The molecule has 2 fully saturated rings. The third kappa shape index (κ3) is 4.24. The van der Waals surface area contributed by atoms with E-state index in [9.17, 15) is 19.1 Å². The Balaban J connectivity index is 1.51. The fourth-order valence-electron chi connectivity index (χ4n) is 4.92. The summed E-state index contributed by atoms with van der Waals surface area (Å²) in [5.74, 6) is -0.00843. The zero-order valence-electron chi connectivity index (χ0n) is 19.2. The highest BCUT2D eigenvalue weighted by atomic mass is 35.5. The van der Waals surface area contributed by atoms with Crippen LogP contribution in [-0.2, 0) is 4.79 Å². The van der Waals surface area contributed by atoms with Gasteiger partial charge in [0, 0.05) is 42.9 Å². The smallest absolute Gasteiger partial charge is 0.407 e. The third-order valence-corrected chi connectivity index (χ3v) is 7.71. The number of anilines is 3. The first-order valence-electron chi connectivity index (χ1n) is 11.2. The number of carbonyl (C=O) groups is 2. The summed E-state index contributed by atoms with van der Waals surface area (Å²) in [5, 5.41) is 12.7. The second-order valence-electron chi connectivity index (χ2n) is 9.04. The van der Waals surface area contributed by atoms with Crippen molar-refractivity contribution in [1.82, 2.24) is 14.9 Å². The Morgan fingerprint density at radius 3 is 2.67 bits per heavy atom. The van der Waals surface area contributed by atoms with E-state index in [0.29, 0.717) is 67.1 Å². The number of nitrogens with zero attached hydrogens (tertiary/aromatic N) is 4. The quantitative estimate of drug-likeness (QED) is 0.436. The first-order valence-corrected chi connectivity index (χ1v) is 12.0. The summed E-state index contributed by atoms with van der Waals surface area (Å²) in [5.41, 5.74) is 0.855. The van der Waals surface area contributed by atoms with Crippen LogP contribution in [0.4, 0.5) is 26.4 Å². The maximum atomic E-state index is 14.7. The van der Waals surface area contributed by atoms with E-state index in [1.807, 2.05) is 0 Å². The summed E-state index contributed by atoms with van der Waals surface area (Å²) in [7, 11) is 1.51. The van der Waals surface area contributed by atoms with Gasteiger partial charge in [-0.1, -0.05) is 23.2 Å². The highest BCUT2D eigenvalue weighted by molar-refractivity contribution is 6.42. The molecule has 0 radical (unpaired) electrons. The normalized spacial score (nSPS) is 17.2. The lowest BCUT2D eigenvalue weighted by molar-refractivity contribution is -0.118. The van der Waals surface area contributed by atoms with Crippen LogP contribution in [0.5, 0.6) is 5.75 Å². The number of methoxy groups -OCH3 is 1. The third-order valence-electron chi connectivity index (χ3n) is 6.93. The molecule has 9 nitrogen and oxygen atoms in total. The molecule has 1 aromatic heterocycles. The van der Waals surface area contributed by atoms with Crippen molar-refractivity contribution in [1.29, 1.82) is 0 Å². The van der Waals surface area contributed by atoms with Gasteiger partial charge in [0.2, 0.25) is 5.91 Å². The van der Waals surface area contributed by atoms with Crippen LogP contribution in [0.3, 0.4) is 0 Å². The number of hydrogen-bond donors (Lipinski definition) is 2. The summed E-state index contributed by atoms with van der Waals surface area (Å²) < 4.78 is 20.3. The highest BCUT2D eigenvalue weighted by Gasteiger charge is 2.46. The fraction of sp³-hybridized carbons (Fsp3) is 0.333. The molecule has 2 aromatic carbocycles. The maximum Gasteiger partial charge on any atom is 0.407 e. The van der Waals surface area contributed by atoms with Crippen molar-refractivity contribution in [2.75, 3.05) is 37.0 Å². The van der Waals surface area contributed by atoms with Crippen LogP contribution in [0.15, 0.2) is 30.6 Å². The highest BCUT2D eigenvalue weighted by Crippen LogP contribution is 2.46. The Labute approximate surface area is 215 Å². The zero-order chi connectivity index (χ0) is 25.6. The van der Waals surface area contributed by atoms with Crippen molar-refractivity contribution < 1.29 is 23.8 Å². The number of rotatable bonds is 4. The van der Waals surface area contributed by atoms with Gasteiger partial charge in [0.1, 0.15) is 17.9 Å². The predicted octanol–water partition coefficient (Wildman–Crippen LogP) is 5.32. The molecule has 0 bridgehead atoms. The van der Waals surface area contributed by atoms with Crippen LogP contribution in [0.1, 0.15) is 19.3 Å². The number of benzene rings is 2. The van der Waals surface area contributed by atoms with E-state index in [0.717, 1.165) is 0 Å².